The molecule has 152 valence electrons. The number of benzene rings is 2. The summed E-state index contributed by atoms with van der Waals surface area (Å²) in [7, 11) is -3.87. The van der Waals surface area contributed by atoms with E-state index in [0.717, 1.165) is 6.07 Å². The van der Waals surface area contributed by atoms with Gasteiger partial charge in [-0.3, -0.25) is 4.79 Å². The van der Waals surface area contributed by atoms with Crippen molar-refractivity contribution < 1.29 is 30.8 Å². The number of hydrogen-bond acceptors (Lipinski definition) is 3. The van der Waals surface area contributed by atoms with Crippen LogP contribution in [0.5, 0.6) is 0 Å². The molecule has 28 heavy (non-hydrogen) atoms. The van der Waals surface area contributed by atoms with Crippen molar-refractivity contribution in [2.24, 2.45) is 0 Å². The van der Waals surface area contributed by atoms with Gasteiger partial charge >= 0.3 is 6.18 Å². The molecule has 5 nitrogen and oxygen atoms in total. The molecule has 0 heterocycles. The standard InChI is InChI=1S/C18H18F4N2O3S/c1-17(2,3)24-28(26,27)13-6-4-5-12(10-13)23-16(25)11-7-8-15(19)14(9-11)18(20,21)22/h4-10,24H,1-3H3,(H,23,25). The minimum Gasteiger partial charge on any atom is -0.322 e. The van der Waals surface area contributed by atoms with Crippen LogP contribution in [-0.2, 0) is 16.2 Å². The molecule has 0 atom stereocenters. The zero-order chi connectivity index (χ0) is 21.3. The normalized spacial score (nSPS) is 12.7. The fourth-order valence-electron chi connectivity index (χ4n) is 2.29. The summed E-state index contributed by atoms with van der Waals surface area (Å²) in [6.07, 6.45) is -4.95. The number of halogens is 4. The van der Waals surface area contributed by atoms with Gasteiger partial charge in [0, 0.05) is 16.8 Å². The maximum atomic E-state index is 13.3. The van der Waals surface area contributed by atoms with Crippen LogP contribution >= 0.6 is 0 Å². The summed E-state index contributed by atoms with van der Waals surface area (Å²) < 4.78 is 78.9. The number of anilines is 1. The number of alkyl halides is 3. The Morgan fingerprint density at radius 2 is 1.64 bits per heavy atom. The van der Waals surface area contributed by atoms with Crippen molar-refractivity contribution in [1.29, 1.82) is 0 Å². The molecule has 0 saturated heterocycles. The van der Waals surface area contributed by atoms with E-state index in [1.54, 1.807) is 20.8 Å². The first kappa shape index (κ1) is 21.8. The second kappa shape index (κ2) is 7.51. The highest BCUT2D eigenvalue weighted by Crippen LogP contribution is 2.32. The topological polar surface area (TPSA) is 75.3 Å². The highest BCUT2D eigenvalue weighted by molar-refractivity contribution is 7.89. The van der Waals surface area contributed by atoms with E-state index in [4.69, 9.17) is 0 Å². The fraction of sp³-hybridized carbons (Fsp3) is 0.278. The van der Waals surface area contributed by atoms with Gasteiger partial charge in [-0.25, -0.2) is 17.5 Å². The molecule has 1 amide bonds. The predicted octanol–water partition coefficient (Wildman–Crippen LogP) is 4.17. The summed E-state index contributed by atoms with van der Waals surface area (Å²) in [5, 5.41) is 2.31. The van der Waals surface area contributed by atoms with Gasteiger partial charge in [0.2, 0.25) is 10.0 Å². The molecule has 2 N–H and O–H groups in total. The molecule has 0 saturated carbocycles. The van der Waals surface area contributed by atoms with Crippen LogP contribution in [0.3, 0.4) is 0 Å². The van der Waals surface area contributed by atoms with E-state index in [-0.39, 0.29) is 10.6 Å². The Kier molecular flexibility index (Phi) is 5.86. The third-order valence-electron chi connectivity index (χ3n) is 3.38. The van der Waals surface area contributed by atoms with Gasteiger partial charge in [-0.1, -0.05) is 6.07 Å². The van der Waals surface area contributed by atoms with Crippen molar-refractivity contribution in [1.82, 2.24) is 4.72 Å². The second-order valence-corrected chi connectivity index (χ2v) is 8.71. The number of sulfonamides is 1. The van der Waals surface area contributed by atoms with Crippen molar-refractivity contribution in [3.8, 4) is 0 Å². The third-order valence-corrected chi connectivity index (χ3v) is 5.13. The minimum absolute atomic E-state index is 0.0552. The molecule has 0 aliphatic rings. The summed E-state index contributed by atoms with van der Waals surface area (Å²) >= 11 is 0. The first-order valence-electron chi connectivity index (χ1n) is 8.01. The fourth-order valence-corrected chi connectivity index (χ4v) is 3.75. The first-order valence-corrected chi connectivity index (χ1v) is 9.49. The smallest absolute Gasteiger partial charge is 0.322 e. The molecule has 2 rings (SSSR count). The number of nitrogens with one attached hydrogen (secondary N) is 2. The summed E-state index contributed by atoms with van der Waals surface area (Å²) in [6, 6.07) is 7.07. The van der Waals surface area contributed by atoms with Crippen molar-refractivity contribution >= 4 is 21.6 Å². The molecule has 0 aromatic heterocycles. The molecule has 0 fully saturated rings. The van der Waals surface area contributed by atoms with Crippen LogP contribution in [0.2, 0.25) is 0 Å². The molecule has 2 aromatic carbocycles. The van der Waals surface area contributed by atoms with Gasteiger partial charge in [-0.2, -0.15) is 13.2 Å². The molecule has 0 unspecified atom stereocenters. The Hall–Kier alpha value is -2.46. The van der Waals surface area contributed by atoms with E-state index in [2.05, 4.69) is 10.0 Å². The lowest BCUT2D eigenvalue weighted by molar-refractivity contribution is -0.140. The largest absolute Gasteiger partial charge is 0.419 e. The van der Waals surface area contributed by atoms with Gasteiger partial charge in [-0.05, 0) is 57.2 Å². The molecular formula is C18H18F4N2O3S. The van der Waals surface area contributed by atoms with E-state index < -0.39 is 44.6 Å². The van der Waals surface area contributed by atoms with Gasteiger partial charge in [0.25, 0.3) is 5.91 Å². The number of carbonyl (C=O) groups excluding carboxylic acids is 1. The Balaban J connectivity index is 2.29. The summed E-state index contributed by atoms with van der Waals surface area (Å²) in [6.45, 7) is 4.97. The van der Waals surface area contributed by atoms with Crippen LogP contribution in [-0.4, -0.2) is 19.9 Å². The summed E-state index contributed by atoms with van der Waals surface area (Å²) in [5.74, 6) is -2.44. The second-order valence-electron chi connectivity index (χ2n) is 7.03. The summed E-state index contributed by atoms with van der Waals surface area (Å²) in [4.78, 5) is 12.1. The summed E-state index contributed by atoms with van der Waals surface area (Å²) in [5.41, 5.74) is -2.67. The van der Waals surface area contributed by atoms with Gasteiger partial charge in [-0.15, -0.1) is 0 Å². The molecular weight excluding hydrogens is 400 g/mol. The molecule has 10 heteroatoms. The van der Waals surface area contributed by atoms with Crippen molar-refractivity contribution in [2.75, 3.05) is 5.32 Å². The van der Waals surface area contributed by atoms with E-state index in [1.807, 2.05) is 0 Å². The zero-order valence-electron chi connectivity index (χ0n) is 15.2. The molecule has 0 bridgehead atoms. The monoisotopic (exact) mass is 418 g/mol. The van der Waals surface area contributed by atoms with Crippen molar-refractivity contribution in [3.05, 3.63) is 59.4 Å². The van der Waals surface area contributed by atoms with Gasteiger partial charge in [0.1, 0.15) is 5.82 Å². The van der Waals surface area contributed by atoms with E-state index in [9.17, 15) is 30.8 Å². The van der Waals surface area contributed by atoms with Gasteiger partial charge in [0.05, 0.1) is 10.5 Å². The zero-order valence-corrected chi connectivity index (χ0v) is 16.0. The van der Waals surface area contributed by atoms with Crippen LogP contribution in [0.4, 0.5) is 23.2 Å². The Bertz CT molecular complexity index is 997. The lowest BCUT2D eigenvalue weighted by atomic mass is 10.1. The first-order chi connectivity index (χ1) is 12.7. The Morgan fingerprint density at radius 1 is 1.00 bits per heavy atom. The highest BCUT2D eigenvalue weighted by atomic mass is 32.2. The lowest BCUT2D eigenvalue weighted by Gasteiger charge is -2.20. The van der Waals surface area contributed by atoms with Crippen molar-refractivity contribution in [2.45, 2.75) is 37.4 Å². The van der Waals surface area contributed by atoms with Crippen LogP contribution in [0.1, 0.15) is 36.7 Å². The predicted molar refractivity (Wildman–Crippen MR) is 95.9 cm³/mol. The van der Waals surface area contributed by atoms with E-state index in [0.29, 0.717) is 12.1 Å². The van der Waals surface area contributed by atoms with Gasteiger partial charge < -0.3 is 5.32 Å². The SMILES string of the molecule is CC(C)(C)NS(=O)(=O)c1cccc(NC(=O)c2ccc(F)c(C(F)(F)F)c2)c1. The average Bonchev–Trinajstić information content (AvgIpc) is 2.52. The number of carbonyl (C=O) groups is 1. The molecule has 0 aliphatic heterocycles. The van der Waals surface area contributed by atoms with Crippen LogP contribution in [0.25, 0.3) is 0 Å². The lowest BCUT2D eigenvalue weighted by Crippen LogP contribution is -2.40. The Morgan fingerprint density at radius 3 is 2.21 bits per heavy atom. The van der Waals surface area contributed by atoms with Crippen LogP contribution < -0.4 is 10.0 Å². The molecule has 2 aromatic rings. The Labute approximate surface area is 159 Å². The van der Waals surface area contributed by atoms with E-state index in [1.165, 1.54) is 24.3 Å². The van der Waals surface area contributed by atoms with E-state index >= 15 is 0 Å². The number of rotatable bonds is 4. The minimum atomic E-state index is -4.95. The quantitative estimate of drug-likeness (QED) is 0.732. The molecule has 0 spiro atoms. The van der Waals surface area contributed by atoms with Crippen molar-refractivity contribution in [3.63, 3.8) is 0 Å². The maximum absolute atomic E-state index is 13.3. The maximum Gasteiger partial charge on any atom is 0.419 e. The third kappa shape index (κ3) is 5.52. The van der Waals surface area contributed by atoms with Crippen LogP contribution in [0.15, 0.2) is 47.4 Å². The highest BCUT2D eigenvalue weighted by Gasteiger charge is 2.34. The van der Waals surface area contributed by atoms with Gasteiger partial charge in [0.15, 0.2) is 0 Å². The molecule has 0 aliphatic carbocycles. The number of amides is 1. The number of hydrogen-bond donors (Lipinski definition) is 2. The molecule has 0 radical (unpaired) electrons. The average molecular weight is 418 g/mol. The van der Waals surface area contributed by atoms with Crippen LogP contribution in [0, 0.1) is 5.82 Å².